The van der Waals surface area contributed by atoms with Gasteiger partial charge in [-0.05, 0) is 55.8 Å². The lowest BCUT2D eigenvalue weighted by Crippen LogP contribution is -2.44. The average Bonchev–Trinajstić information content (AvgIpc) is 3.11. The van der Waals surface area contributed by atoms with Crippen molar-refractivity contribution in [3.05, 3.63) is 54.2 Å². The van der Waals surface area contributed by atoms with Crippen LogP contribution in [0, 0.1) is 0 Å². The smallest absolute Gasteiger partial charge is 0.323 e. The molecule has 2 aromatic rings. The van der Waals surface area contributed by atoms with E-state index in [1.54, 1.807) is 24.4 Å². The molecule has 0 spiro atoms. The highest BCUT2D eigenvalue weighted by Gasteiger charge is 2.27. The zero-order valence-electron chi connectivity index (χ0n) is 15.1. The Hall–Kier alpha value is -2.60. The number of phenolic OH excluding ortho intramolecular Hbond substituents is 1. The largest absolute Gasteiger partial charge is 0.508 e. The number of hydrogen-bond acceptors (Lipinski definition) is 4. The fraction of sp³-hybridized carbons (Fsp3) is 0.400. The molecular weight excluding hydrogens is 328 g/mol. The molecule has 3 rings (SSSR count). The van der Waals surface area contributed by atoms with E-state index in [9.17, 15) is 9.90 Å². The molecule has 1 aliphatic heterocycles. The Morgan fingerprint density at radius 1 is 1.31 bits per heavy atom. The number of likely N-dealkylation sites (N-methyl/N-ethyl adjacent to an activating group) is 1. The van der Waals surface area contributed by atoms with E-state index in [0.717, 1.165) is 25.1 Å². The van der Waals surface area contributed by atoms with E-state index in [1.165, 1.54) is 6.42 Å². The van der Waals surface area contributed by atoms with Crippen LogP contribution in [0.25, 0.3) is 0 Å². The first-order chi connectivity index (χ1) is 12.7. The Morgan fingerprint density at radius 2 is 2.12 bits per heavy atom. The van der Waals surface area contributed by atoms with Gasteiger partial charge in [-0.2, -0.15) is 0 Å². The third-order valence-electron chi connectivity index (χ3n) is 4.83. The number of phenols is 1. The molecule has 1 atom stereocenters. The molecule has 0 saturated carbocycles. The number of anilines is 1. The first kappa shape index (κ1) is 18.2. The minimum absolute atomic E-state index is 0.153. The minimum atomic E-state index is -0.153. The number of likely N-dealkylation sites (tertiary alicyclic amines) is 1. The number of carbonyl (C=O) groups is 1. The van der Waals surface area contributed by atoms with Gasteiger partial charge in [-0.25, -0.2) is 9.78 Å². The van der Waals surface area contributed by atoms with E-state index in [-0.39, 0.29) is 11.8 Å². The van der Waals surface area contributed by atoms with E-state index < -0.39 is 0 Å². The molecule has 1 aliphatic rings. The topological polar surface area (TPSA) is 68.7 Å². The molecule has 26 heavy (non-hydrogen) atoms. The van der Waals surface area contributed by atoms with E-state index in [0.29, 0.717) is 24.9 Å². The van der Waals surface area contributed by atoms with Crippen molar-refractivity contribution in [3.8, 4) is 5.75 Å². The van der Waals surface area contributed by atoms with Gasteiger partial charge < -0.3 is 10.0 Å². The third-order valence-corrected chi connectivity index (χ3v) is 4.83. The molecule has 0 radical (unpaired) electrons. The van der Waals surface area contributed by atoms with Crippen LogP contribution in [-0.4, -0.2) is 51.6 Å². The van der Waals surface area contributed by atoms with E-state index in [1.807, 2.05) is 29.2 Å². The van der Waals surface area contributed by atoms with E-state index >= 15 is 0 Å². The van der Waals surface area contributed by atoms with Gasteiger partial charge in [-0.1, -0.05) is 25.1 Å². The maximum absolute atomic E-state index is 12.9. The van der Waals surface area contributed by atoms with Crippen LogP contribution < -0.4 is 5.32 Å². The Labute approximate surface area is 154 Å². The highest BCUT2D eigenvalue weighted by molar-refractivity contribution is 5.88. The maximum Gasteiger partial charge on any atom is 0.323 e. The molecule has 0 bridgehead atoms. The number of nitrogens with zero attached hydrogens (tertiary/aromatic N) is 3. The standard InChI is InChI=1S/C20H26N4O2/c1-2-23-13-5-6-17(23)15-24(14-16-8-10-18(25)11-9-16)20(26)22-19-7-3-4-12-21-19/h3-4,7-12,17,25H,2,5-6,13-15H2,1H3,(H,21,22,26)/t17-/m0/s1. The van der Waals surface area contributed by atoms with Crippen LogP contribution in [0.15, 0.2) is 48.7 Å². The van der Waals surface area contributed by atoms with E-state index in [4.69, 9.17) is 0 Å². The summed E-state index contributed by atoms with van der Waals surface area (Å²) in [6.07, 6.45) is 3.94. The summed E-state index contributed by atoms with van der Waals surface area (Å²) in [7, 11) is 0. The number of aromatic hydroxyl groups is 1. The number of amides is 2. The summed E-state index contributed by atoms with van der Waals surface area (Å²) in [5.74, 6) is 0.776. The molecule has 2 amide bonds. The summed E-state index contributed by atoms with van der Waals surface area (Å²) >= 11 is 0. The van der Waals surface area contributed by atoms with Crippen LogP contribution in [0.5, 0.6) is 5.75 Å². The molecule has 1 fully saturated rings. The van der Waals surface area contributed by atoms with Crippen molar-refractivity contribution in [2.24, 2.45) is 0 Å². The summed E-state index contributed by atoms with van der Waals surface area (Å²) in [6.45, 7) is 5.42. The lowest BCUT2D eigenvalue weighted by Gasteiger charge is -2.30. The van der Waals surface area contributed by atoms with Gasteiger partial charge in [0.25, 0.3) is 0 Å². The third kappa shape index (κ3) is 4.73. The number of carbonyl (C=O) groups excluding carboxylic acids is 1. The molecule has 0 aliphatic carbocycles. The van der Waals surface area contributed by atoms with Crippen molar-refractivity contribution in [2.45, 2.75) is 32.4 Å². The number of urea groups is 1. The molecule has 1 aromatic heterocycles. The van der Waals surface area contributed by atoms with Gasteiger partial charge in [0, 0.05) is 25.3 Å². The van der Waals surface area contributed by atoms with Gasteiger partial charge in [-0.15, -0.1) is 0 Å². The zero-order chi connectivity index (χ0) is 18.4. The Balaban J connectivity index is 1.73. The van der Waals surface area contributed by atoms with Crippen LogP contribution in [0.4, 0.5) is 10.6 Å². The van der Waals surface area contributed by atoms with Gasteiger partial charge in [0.2, 0.25) is 0 Å². The predicted molar refractivity (Wildman–Crippen MR) is 102 cm³/mol. The Kier molecular flexibility index (Phi) is 6.07. The number of benzene rings is 1. The van der Waals surface area contributed by atoms with E-state index in [2.05, 4.69) is 22.1 Å². The number of rotatable bonds is 6. The number of nitrogens with one attached hydrogen (secondary N) is 1. The van der Waals surface area contributed by atoms with Crippen molar-refractivity contribution in [1.29, 1.82) is 0 Å². The average molecular weight is 354 g/mol. The van der Waals surface area contributed by atoms with Gasteiger partial charge in [0.15, 0.2) is 0 Å². The number of pyridine rings is 1. The summed E-state index contributed by atoms with van der Waals surface area (Å²) < 4.78 is 0. The molecule has 138 valence electrons. The fourth-order valence-electron chi connectivity index (χ4n) is 3.44. The van der Waals surface area contributed by atoms with Crippen LogP contribution in [0.3, 0.4) is 0 Å². The van der Waals surface area contributed by atoms with Crippen LogP contribution >= 0.6 is 0 Å². The lowest BCUT2D eigenvalue weighted by atomic mass is 10.1. The Bertz CT molecular complexity index is 706. The molecule has 6 nitrogen and oxygen atoms in total. The van der Waals surface area contributed by atoms with Crippen molar-refractivity contribution in [1.82, 2.24) is 14.8 Å². The fourth-order valence-corrected chi connectivity index (χ4v) is 3.44. The second kappa shape index (κ2) is 8.67. The molecule has 1 saturated heterocycles. The molecule has 6 heteroatoms. The summed E-state index contributed by atoms with van der Waals surface area (Å²) in [6, 6.07) is 12.7. The predicted octanol–water partition coefficient (Wildman–Crippen LogP) is 3.31. The number of aromatic nitrogens is 1. The molecule has 1 aromatic carbocycles. The minimum Gasteiger partial charge on any atom is -0.508 e. The first-order valence-electron chi connectivity index (χ1n) is 9.14. The maximum atomic E-state index is 12.9. The van der Waals surface area contributed by atoms with Crippen LogP contribution in [0.2, 0.25) is 0 Å². The van der Waals surface area contributed by atoms with Gasteiger partial charge >= 0.3 is 6.03 Å². The van der Waals surface area contributed by atoms with Crippen LogP contribution in [0.1, 0.15) is 25.3 Å². The van der Waals surface area contributed by atoms with Crippen molar-refractivity contribution < 1.29 is 9.90 Å². The lowest BCUT2D eigenvalue weighted by molar-refractivity contribution is 0.175. The Morgan fingerprint density at radius 3 is 2.81 bits per heavy atom. The number of hydrogen-bond donors (Lipinski definition) is 2. The van der Waals surface area contributed by atoms with Crippen molar-refractivity contribution in [2.75, 3.05) is 25.0 Å². The monoisotopic (exact) mass is 354 g/mol. The van der Waals surface area contributed by atoms with Crippen LogP contribution in [-0.2, 0) is 6.54 Å². The van der Waals surface area contributed by atoms with Crippen molar-refractivity contribution in [3.63, 3.8) is 0 Å². The van der Waals surface area contributed by atoms with Crippen molar-refractivity contribution >= 4 is 11.8 Å². The van der Waals surface area contributed by atoms with Gasteiger partial charge in [0.1, 0.15) is 11.6 Å². The highest BCUT2D eigenvalue weighted by atomic mass is 16.3. The summed E-state index contributed by atoms with van der Waals surface area (Å²) in [5, 5.41) is 12.4. The second-order valence-electron chi connectivity index (χ2n) is 6.62. The zero-order valence-corrected chi connectivity index (χ0v) is 15.1. The normalized spacial score (nSPS) is 17.2. The molecule has 0 unspecified atom stereocenters. The SMILES string of the molecule is CCN1CCC[C@H]1CN(Cc1ccc(O)cc1)C(=O)Nc1ccccn1. The molecule has 2 heterocycles. The molecular formula is C20H26N4O2. The van der Waals surface area contributed by atoms with Gasteiger partial charge in [0.05, 0.1) is 0 Å². The quantitative estimate of drug-likeness (QED) is 0.835. The molecule has 2 N–H and O–H groups in total. The summed E-state index contributed by atoms with van der Waals surface area (Å²) in [5.41, 5.74) is 0.986. The van der Waals surface area contributed by atoms with Gasteiger partial charge in [-0.3, -0.25) is 10.2 Å². The first-order valence-corrected chi connectivity index (χ1v) is 9.14. The second-order valence-corrected chi connectivity index (χ2v) is 6.62. The summed E-state index contributed by atoms with van der Waals surface area (Å²) in [4.78, 5) is 21.3. The highest BCUT2D eigenvalue weighted by Crippen LogP contribution is 2.20.